The van der Waals surface area contributed by atoms with Gasteiger partial charge in [-0.05, 0) is 67.6 Å². The summed E-state index contributed by atoms with van der Waals surface area (Å²) in [5.41, 5.74) is 3.79. The zero-order valence-corrected chi connectivity index (χ0v) is 19.3. The minimum Gasteiger partial charge on any atom is -0.322 e. The molecule has 0 aliphatic rings. The number of hydrogen-bond acceptors (Lipinski definition) is 5. The molecule has 2 N–H and O–H groups in total. The third-order valence-electron chi connectivity index (χ3n) is 4.65. The number of aryl methyl sites for hydroxylation is 1. The maximum Gasteiger partial charge on any atom is 0.255 e. The van der Waals surface area contributed by atoms with Crippen LogP contribution in [0, 0.1) is 12.7 Å². The van der Waals surface area contributed by atoms with Crippen molar-refractivity contribution >= 4 is 45.7 Å². The number of aromatic nitrogens is 1. The first-order valence-electron chi connectivity index (χ1n) is 10.1. The Hall–Kier alpha value is -3.49. The van der Waals surface area contributed by atoms with Gasteiger partial charge in [0.2, 0.25) is 5.91 Å². The molecule has 0 spiro atoms. The zero-order valence-electron chi connectivity index (χ0n) is 17.7. The molecule has 0 saturated carbocycles. The molecule has 5 nitrogen and oxygen atoms in total. The number of thiazole rings is 1. The Morgan fingerprint density at radius 1 is 1.00 bits per heavy atom. The van der Waals surface area contributed by atoms with E-state index in [1.807, 2.05) is 54.8 Å². The van der Waals surface area contributed by atoms with E-state index in [4.69, 9.17) is 0 Å². The quantitative estimate of drug-likeness (QED) is 0.309. The van der Waals surface area contributed by atoms with Gasteiger partial charge in [0.15, 0.2) is 5.13 Å². The highest BCUT2D eigenvalue weighted by molar-refractivity contribution is 8.00. The molecule has 4 aromatic rings. The highest BCUT2D eigenvalue weighted by atomic mass is 32.2. The maximum atomic E-state index is 13.1. The topological polar surface area (TPSA) is 71.1 Å². The molecule has 2 amide bonds. The summed E-state index contributed by atoms with van der Waals surface area (Å²) < 4.78 is 13.1. The van der Waals surface area contributed by atoms with Gasteiger partial charge < -0.3 is 10.6 Å². The molecule has 1 heterocycles. The van der Waals surface area contributed by atoms with E-state index in [-0.39, 0.29) is 23.4 Å². The van der Waals surface area contributed by atoms with Gasteiger partial charge in [0, 0.05) is 27.1 Å². The monoisotopic (exact) mass is 477 g/mol. The Labute approximate surface area is 199 Å². The third kappa shape index (κ3) is 6.27. The lowest BCUT2D eigenvalue weighted by Crippen LogP contribution is -2.13. The average molecular weight is 478 g/mol. The van der Waals surface area contributed by atoms with Crippen LogP contribution in [-0.2, 0) is 4.79 Å². The van der Waals surface area contributed by atoms with Crippen LogP contribution in [0.2, 0.25) is 0 Å². The van der Waals surface area contributed by atoms with Gasteiger partial charge in [-0.2, -0.15) is 0 Å². The van der Waals surface area contributed by atoms with Crippen molar-refractivity contribution in [2.75, 3.05) is 16.4 Å². The van der Waals surface area contributed by atoms with E-state index in [1.165, 1.54) is 35.2 Å². The molecule has 4 rings (SSSR count). The summed E-state index contributed by atoms with van der Waals surface area (Å²) in [6, 6.07) is 20.8. The number of benzene rings is 3. The molecule has 0 saturated heterocycles. The number of hydrogen-bond donors (Lipinski definition) is 2. The molecule has 33 heavy (non-hydrogen) atoms. The smallest absolute Gasteiger partial charge is 0.255 e. The van der Waals surface area contributed by atoms with Crippen LogP contribution in [0.5, 0.6) is 0 Å². The normalized spacial score (nSPS) is 10.6. The molecule has 0 aliphatic heterocycles. The standard InChI is InChI=1S/C25H20FN3O2S2/c1-16-3-2-4-18(13-16)24(31)27-20-9-11-21(12-10-20)32-15-23(30)29-25-28-22(14-33-25)17-5-7-19(26)8-6-17/h2-14H,15H2,1H3,(H,27,31)(H,28,29,30). The number of amides is 2. The van der Waals surface area contributed by atoms with Crippen LogP contribution in [0.25, 0.3) is 11.3 Å². The van der Waals surface area contributed by atoms with E-state index in [9.17, 15) is 14.0 Å². The van der Waals surface area contributed by atoms with Gasteiger partial charge in [-0.1, -0.05) is 17.7 Å². The van der Waals surface area contributed by atoms with Gasteiger partial charge >= 0.3 is 0 Å². The van der Waals surface area contributed by atoms with Crippen molar-refractivity contribution in [1.82, 2.24) is 4.98 Å². The number of rotatable bonds is 7. The lowest BCUT2D eigenvalue weighted by molar-refractivity contribution is -0.113. The van der Waals surface area contributed by atoms with Gasteiger partial charge in [-0.25, -0.2) is 9.37 Å². The van der Waals surface area contributed by atoms with Crippen LogP contribution in [0.1, 0.15) is 15.9 Å². The van der Waals surface area contributed by atoms with Crippen molar-refractivity contribution < 1.29 is 14.0 Å². The number of carbonyl (C=O) groups excluding carboxylic acids is 2. The molecule has 3 aromatic carbocycles. The Kier molecular flexibility index (Phi) is 7.16. The SMILES string of the molecule is Cc1cccc(C(=O)Nc2ccc(SCC(=O)Nc3nc(-c4ccc(F)cc4)cs3)cc2)c1. The molecule has 0 aliphatic carbocycles. The Bertz CT molecular complexity index is 1270. The number of halogens is 1. The van der Waals surface area contributed by atoms with E-state index in [2.05, 4.69) is 15.6 Å². The highest BCUT2D eigenvalue weighted by Gasteiger charge is 2.10. The molecule has 0 radical (unpaired) electrons. The Balaban J connectivity index is 1.27. The van der Waals surface area contributed by atoms with E-state index >= 15 is 0 Å². The fraction of sp³-hybridized carbons (Fsp3) is 0.0800. The Morgan fingerprint density at radius 2 is 1.76 bits per heavy atom. The van der Waals surface area contributed by atoms with Crippen molar-refractivity contribution in [1.29, 1.82) is 0 Å². The van der Waals surface area contributed by atoms with Crippen molar-refractivity contribution in [3.63, 3.8) is 0 Å². The molecule has 0 fully saturated rings. The van der Waals surface area contributed by atoms with Gasteiger partial charge in [0.25, 0.3) is 5.91 Å². The number of thioether (sulfide) groups is 1. The first kappa shape index (κ1) is 22.7. The lowest BCUT2D eigenvalue weighted by atomic mass is 10.1. The van der Waals surface area contributed by atoms with Crippen molar-refractivity contribution in [3.8, 4) is 11.3 Å². The third-order valence-corrected chi connectivity index (χ3v) is 6.42. The molecular formula is C25H20FN3O2S2. The first-order chi connectivity index (χ1) is 16.0. The summed E-state index contributed by atoms with van der Waals surface area (Å²) in [5.74, 6) is -0.416. The molecule has 166 valence electrons. The van der Waals surface area contributed by atoms with Gasteiger partial charge in [0.1, 0.15) is 5.82 Å². The second kappa shape index (κ2) is 10.4. The fourth-order valence-electron chi connectivity index (χ4n) is 3.01. The highest BCUT2D eigenvalue weighted by Crippen LogP contribution is 2.26. The van der Waals surface area contributed by atoms with E-state index in [1.54, 1.807) is 18.2 Å². The summed E-state index contributed by atoms with van der Waals surface area (Å²) in [6.07, 6.45) is 0. The number of nitrogens with zero attached hydrogens (tertiary/aromatic N) is 1. The molecular weight excluding hydrogens is 457 g/mol. The number of nitrogens with one attached hydrogen (secondary N) is 2. The predicted molar refractivity (Wildman–Crippen MR) is 132 cm³/mol. The maximum absolute atomic E-state index is 13.1. The van der Waals surface area contributed by atoms with Crippen molar-refractivity contribution in [2.24, 2.45) is 0 Å². The summed E-state index contributed by atoms with van der Waals surface area (Å²) in [6.45, 7) is 1.94. The lowest BCUT2D eigenvalue weighted by Gasteiger charge is -2.07. The number of carbonyl (C=O) groups is 2. The largest absolute Gasteiger partial charge is 0.322 e. The summed E-state index contributed by atoms with van der Waals surface area (Å²) in [4.78, 5) is 30.0. The molecule has 0 bridgehead atoms. The second-order valence-electron chi connectivity index (χ2n) is 7.23. The molecule has 0 unspecified atom stereocenters. The minimum absolute atomic E-state index is 0.165. The van der Waals surface area contributed by atoms with Crippen LogP contribution >= 0.6 is 23.1 Å². The summed E-state index contributed by atoms with van der Waals surface area (Å²) in [5, 5.41) is 7.98. The average Bonchev–Trinajstić information content (AvgIpc) is 3.27. The molecule has 0 atom stereocenters. The first-order valence-corrected chi connectivity index (χ1v) is 11.9. The summed E-state index contributed by atoms with van der Waals surface area (Å²) in [7, 11) is 0. The van der Waals surface area contributed by atoms with E-state index < -0.39 is 0 Å². The second-order valence-corrected chi connectivity index (χ2v) is 9.14. The van der Waals surface area contributed by atoms with E-state index in [0.717, 1.165) is 16.0 Å². The predicted octanol–water partition coefficient (Wildman–Crippen LogP) is 6.24. The summed E-state index contributed by atoms with van der Waals surface area (Å²) >= 11 is 2.71. The van der Waals surface area contributed by atoms with E-state index in [0.29, 0.717) is 22.1 Å². The number of anilines is 2. The van der Waals surface area contributed by atoms with Crippen LogP contribution in [-0.4, -0.2) is 22.6 Å². The minimum atomic E-state index is -0.304. The van der Waals surface area contributed by atoms with Gasteiger partial charge in [-0.3, -0.25) is 9.59 Å². The fourth-order valence-corrected chi connectivity index (χ4v) is 4.45. The van der Waals surface area contributed by atoms with Gasteiger partial charge in [0.05, 0.1) is 11.4 Å². The zero-order chi connectivity index (χ0) is 23.2. The Morgan fingerprint density at radius 3 is 2.48 bits per heavy atom. The van der Waals surface area contributed by atoms with Crippen molar-refractivity contribution in [2.45, 2.75) is 11.8 Å². The van der Waals surface area contributed by atoms with Crippen molar-refractivity contribution in [3.05, 3.63) is 95.1 Å². The van der Waals surface area contributed by atoms with Gasteiger partial charge in [-0.15, -0.1) is 23.1 Å². The van der Waals surface area contributed by atoms with Crippen LogP contribution in [0.3, 0.4) is 0 Å². The molecule has 8 heteroatoms. The molecule has 1 aromatic heterocycles. The van der Waals surface area contributed by atoms with Crippen LogP contribution in [0.15, 0.2) is 83.1 Å². The van der Waals surface area contributed by atoms with Crippen LogP contribution < -0.4 is 10.6 Å². The van der Waals surface area contributed by atoms with Crippen LogP contribution in [0.4, 0.5) is 15.2 Å².